The minimum atomic E-state index is 0. The third kappa shape index (κ3) is 29.8. The van der Waals surface area contributed by atoms with Gasteiger partial charge in [0, 0.05) is 6.61 Å². The van der Waals surface area contributed by atoms with E-state index in [0.29, 0.717) is 26.4 Å². The van der Waals surface area contributed by atoms with Gasteiger partial charge in [-0.1, -0.05) is 0 Å². The van der Waals surface area contributed by atoms with Gasteiger partial charge in [0.25, 0.3) is 0 Å². The molecule has 0 saturated carbocycles. The summed E-state index contributed by atoms with van der Waals surface area (Å²) >= 11 is 0. The van der Waals surface area contributed by atoms with Gasteiger partial charge in [-0.2, -0.15) is 0 Å². The molecule has 6 nitrogen and oxygen atoms in total. The Morgan fingerprint density at radius 2 is 1.07 bits per heavy atom. The van der Waals surface area contributed by atoms with Crippen LogP contribution in [0.2, 0.25) is 0 Å². The average Bonchev–Trinajstić information content (AvgIpc) is 2.13. The number of hydrogen-bond acceptors (Lipinski definition) is 5. The van der Waals surface area contributed by atoms with E-state index < -0.39 is 0 Å². The van der Waals surface area contributed by atoms with Crippen LogP contribution in [0.3, 0.4) is 0 Å². The van der Waals surface area contributed by atoms with Crippen LogP contribution in [0.25, 0.3) is 0 Å². The van der Waals surface area contributed by atoms with Gasteiger partial charge < -0.3 is 30.3 Å². The molecule has 0 aliphatic heterocycles. The Balaban J connectivity index is -0.000000267. The van der Waals surface area contributed by atoms with Crippen LogP contribution in [-0.2, 0) is 9.47 Å². The fourth-order valence-electron chi connectivity index (χ4n) is 0.451. The number of aliphatic hydroxyl groups is 3. The second-order valence-electron chi connectivity index (χ2n) is 1.99. The average molecular weight is 214 g/mol. The van der Waals surface area contributed by atoms with Crippen LogP contribution in [-0.4, -0.2) is 67.0 Å². The highest BCUT2D eigenvalue weighted by Crippen LogP contribution is 1.76. The second-order valence-corrected chi connectivity index (χ2v) is 1.99. The molecule has 0 fully saturated rings. The van der Waals surface area contributed by atoms with E-state index in [-0.39, 0.29) is 25.3 Å². The Morgan fingerprint density at radius 1 is 0.786 bits per heavy atom. The summed E-state index contributed by atoms with van der Waals surface area (Å²) in [6.07, 6.45) is 0. The van der Waals surface area contributed by atoms with Gasteiger partial charge in [-0.05, 0) is 6.92 Å². The van der Waals surface area contributed by atoms with Crippen molar-refractivity contribution in [3.63, 3.8) is 0 Å². The summed E-state index contributed by atoms with van der Waals surface area (Å²) < 4.78 is 9.75. The molecule has 0 radical (unpaired) electrons. The molecule has 0 aliphatic rings. The maximum Gasteiger partial charge on any atom is 0.0701 e. The zero-order valence-corrected chi connectivity index (χ0v) is 8.61. The topological polar surface area (TPSA) is 111 Å². The molecular formula is C8H22O6. The molecule has 0 unspecified atom stereocenters. The first-order chi connectivity index (χ1) is 6.33. The van der Waals surface area contributed by atoms with Gasteiger partial charge in [0.05, 0.1) is 39.6 Å². The normalized spacial score (nSPS) is 8.57. The van der Waals surface area contributed by atoms with Crippen LogP contribution in [0.5, 0.6) is 0 Å². The summed E-state index contributed by atoms with van der Waals surface area (Å²) in [5.41, 5.74) is 0. The molecule has 0 spiro atoms. The van der Waals surface area contributed by atoms with Gasteiger partial charge in [-0.25, -0.2) is 0 Å². The van der Waals surface area contributed by atoms with Gasteiger partial charge in [-0.15, -0.1) is 0 Å². The molecule has 0 aliphatic carbocycles. The Labute approximate surface area is 84.4 Å². The number of hydrogen-bond donors (Lipinski definition) is 3. The third-order valence-corrected chi connectivity index (χ3v) is 0.843. The summed E-state index contributed by atoms with van der Waals surface area (Å²) in [7, 11) is 0. The van der Waals surface area contributed by atoms with E-state index in [1.54, 1.807) is 6.92 Å². The van der Waals surface area contributed by atoms with Crippen molar-refractivity contribution in [2.75, 3.05) is 46.2 Å². The molecule has 14 heavy (non-hydrogen) atoms. The van der Waals surface area contributed by atoms with Crippen molar-refractivity contribution in [3.8, 4) is 0 Å². The van der Waals surface area contributed by atoms with Gasteiger partial charge in [0.1, 0.15) is 0 Å². The van der Waals surface area contributed by atoms with Gasteiger partial charge in [-0.3, -0.25) is 0 Å². The van der Waals surface area contributed by atoms with E-state index in [2.05, 4.69) is 0 Å². The van der Waals surface area contributed by atoms with Gasteiger partial charge in [0.2, 0.25) is 0 Å². The predicted molar refractivity (Wildman–Crippen MR) is 52.2 cm³/mol. The zero-order valence-electron chi connectivity index (χ0n) is 8.61. The molecule has 90 valence electrons. The largest absolute Gasteiger partial charge is 0.412 e. The molecule has 0 heterocycles. The van der Waals surface area contributed by atoms with Crippen LogP contribution in [0.1, 0.15) is 6.92 Å². The first-order valence-electron chi connectivity index (χ1n) is 4.31. The fraction of sp³-hybridized carbons (Fsp3) is 1.00. The first kappa shape index (κ1) is 19.4. The van der Waals surface area contributed by atoms with Crippen molar-refractivity contribution < 1.29 is 30.3 Å². The Morgan fingerprint density at radius 3 is 1.29 bits per heavy atom. The lowest BCUT2D eigenvalue weighted by molar-refractivity contribution is 0.0222. The van der Waals surface area contributed by atoms with E-state index in [9.17, 15) is 0 Å². The van der Waals surface area contributed by atoms with Crippen LogP contribution >= 0.6 is 0 Å². The summed E-state index contributed by atoms with van der Waals surface area (Å²) in [5.74, 6) is 0. The fourth-order valence-corrected chi connectivity index (χ4v) is 0.451. The van der Waals surface area contributed by atoms with Crippen LogP contribution < -0.4 is 0 Å². The van der Waals surface area contributed by atoms with Crippen molar-refractivity contribution in [2.24, 2.45) is 0 Å². The molecule has 0 saturated heterocycles. The van der Waals surface area contributed by atoms with Gasteiger partial charge >= 0.3 is 0 Å². The van der Waals surface area contributed by atoms with E-state index in [0.717, 1.165) is 0 Å². The number of aliphatic hydroxyl groups excluding tert-OH is 3. The molecule has 0 bridgehead atoms. The zero-order chi connectivity index (χ0) is 10.4. The SMILES string of the molecule is CCO.O.OCCOCCOCCO. The first-order valence-corrected chi connectivity index (χ1v) is 4.31. The lowest BCUT2D eigenvalue weighted by Gasteiger charge is -2.01. The smallest absolute Gasteiger partial charge is 0.0701 e. The molecule has 0 aromatic carbocycles. The van der Waals surface area contributed by atoms with E-state index >= 15 is 0 Å². The Kier molecular flexibility index (Phi) is 31.8. The maximum atomic E-state index is 8.26. The van der Waals surface area contributed by atoms with Crippen LogP contribution in [0.4, 0.5) is 0 Å². The molecule has 0 aromatic heterocycles. The highest BCUT2D eigenvalue weighted by molar-refractivity contribution is 4.30. The Bertz CT molecular complexity index is 62.9. The summed E-state index contributed by atoms with van der Waals surface area (Å²) in [6, 6.07) is 0. The quantitative estimate of drug-likeness (QED) is 0.432. The molecule has 0 aromatic rings. The van der Waals surface area contributed by atoms with E-state index in [4.69, 9.17) is 24.8 Å². The van der Waals surface area contributed by atoms with Crippen molar-refractivity contribution in [3.05, 3.63) is 0 Å². The molecule has 5 N–H and O–H groups in total. The van der Waals surface area contributed by atoms with Crippen molar-refractivity contribution in [1.82, 2.24) is 0 Å². The highest BCUT2D eigenvalue weighted by atomic mass is 16.5. The standard InChI is InChI=1S/C6H14O4.C2H6O.H2O/c7-1-3-9-5-6-10-4-2-8;1-2-3;/h7-8H,1-6H2;3H,2H2,1H3;1H2. The van der Waals surface area contributed by atoms with Crippen molar-refractivity contribution >= 4 is 0 Å². The summed E-state index contributed by atoms with van der Waals surface area (Å²) in [6.45, 7) is 3.66. The molecular weight excluding hydrogens is 192 g/mol. The van der Waals surface area contributed by atoms with Crippen molar-refractivity contribution in [2.45, 2.75) is 6.92 Å². The lowest BCUT2D eigenvalue weighted by Crippen LogP contribution is -2.09. The van der Waals surface area contributed by atoms with E-state index in [1.807, 2.05) is 0 Å². The summed E-state index contributed by atoms with van der Waals surface area (Å²) in [5, 5.41) is 24.1. The minimum absolute atomic E-state index is 0. The minimum Gasteiger partial charge on any atom is -0.412 e. The van der Waals surface area contributed by atoms with Crippen LogP contribution in [0, 0.1) is 0 Å². The number of rotatable bonds is 7. The van der Waals surface area contributed by atoms with Gasteiger partial charge in [0.15, 0.2) is 0 Å². The maximum absolute atomic E-state index is 8.26. The molecule has 0 amide bonds. The monoisotopic (exact) mass is 214 g/mol. The van der Waals surface area contributed by atoms with Crippen molar-refractivity contribution in [1.29, 1.82) is 0 Å². The molecule has 0 rings (SSSR count). The lowest BCUT2D eigenvalue weighted by atomic mass is 10.7. The second kappa shape index (κ2) is 23.0. The van der Waals surface area contributed by atoms with E-state index in [1.165, 1.54) is 0 Å². The molecule has 0 atom stereocenters. The summed E-state index contributed by atoms with van der Waals surface area (Å²) in [4.78, 5) is 0. The number of ether oxygens (including phenoxy) is 2. The predicted octanol–water partition coefficient (Wildman–Crippen LogP) is -1.82. The molecule has 6 heteroatoms. The Hall–Kier alpha value is -0.240. The highest BCUT2D eigenvalue weighted by Gasteiger charge is 1.86. The van der Waals surface area contributed by atoms with Crippen LogP contribution in [0.15, 0.2) is 0 Å². The third-order valence-electron chi connectivity index (χ3n) is 0.843.